The summed E-state index contributed by atoms with van der Waals surface area (Å²) in [5, 5.41) is 2.93. The summed E-state index contributed by atoms with van der Waals surface area (Å²) >= 11 is 0. The molecule has 7 nitrogen and oxygen atoms in total. The van der Waals surface area contributed by atoms with Gasteiger partial charge in [0.25, 0.3) is 0 Å². The molecule has 0 fully saturated rings. The van der Waals surface area contributed by atoms with Gasteiger partial charge in [-0.1, -0.05) is 68.8 Å². The van der Waals surface area contributed by atoms with Crippen LogP contribution in [0.3, 0.4) is 0 Å². The van der Waals surface area contributed by atoms with E-state index in [4.69, 9.17) is 0 Å². The van der Waals surface area contributed by atoms with Crippen LogP contribution in [-0.4, -0.2) is 50.0 Å². The van der Waals surface area contributed by atoms with E-state index in [1.165, 1.54) is 4.90 Å². The number of hydrogen-bond donors (Lipinski definition) is 1. The number of sulfonamides is 1. The normalized spacial score (nSPS) is 13.3. The van der Waals surface area contributed by atoms with Crippen molar-refractivity contribution in [2.24, 2.45) is 0 Å². The first kappa shape index (κ1) is 28.4. The van der Waals surface area contributed by atoms with Gasteiger partial charge in [0.15, 0.2) is 0 Å². The number of aryl methyl sites for hydroxylation is 1. The minimum Gasteiger partial charge on any atom is -0.352 e. The Morgan fingerprint density at radius 2 is 1.57 bits per heavy atom. The lowest BCUT2D eigenvalue weighted by Gasteiger charge is -2.32. The zero-order valence-corrected chi connectivity index (χ0v) is 22.7. The Morgan fingerprint density at radius 1 is 0.971 bits per heavy atom. The standard InChI is InChI=1S/C27H39N3O4S/c1-8-21(5)28-27(32)22(6)29(17-23-15-13-20(4)14-16-23)26(31)18-30(35(7,33)34)25-12-10-9-11-24(25)19(2)3/h9-16,19,21-22H,8,17-18H2,1-7H3,(H,28,32)/t21-,22-/m1/s1. The van der Waals surface area contributed by atoms with Crippen LogP contribution in [0.1, 0.15) is 63.6 Å². The van der Waals surface area contributed by atoms with Crippen molar-refractivity contribution in [1.29, 1.82) is 0 Å². The molecule has 2 aromatic rings. The van der Waals surface area contributed by atoms with Gasteiger partial charge in [-0.3, -0.25) is 13.9 Å². The van der Waals surface area contributed by atoms with Crippen molar-refractivity contribution in [2.45, 2.75) is 72.5 Å². The second-order valence-electron chi connectivity index (χ2n) is 9.48. The minimum absolute atomic E-state index is 0.0355. The molecule has 0 aliphatic heterocycles. The van der Waals surface area contributed by atoms with Crippen LogP contribution in [0.25, 0.3) is 0 Å². The first-order chi connectivity index (χ1) is 16.3. The van der Waals surface area contributed by atoms with Gasteiger partial charge in [0.2, 0.25) is 21.8 Å². The summed E-state index contributed by atoms with van der Waals surface area (Å²) < 4.78 is 26.8. The molecule has 0 bridgehead atoms. The maximum atomic E-state index is 13.7. The summed E-state index contributed by atoms with van der Waals surface area (Å²) in [6.07, 6.45) is 1.86. The number of carbonyl (C=O) groups excluding carboxylic acids is 2. The predicted molar refractivity (Wildman–Crippen MR) is 142 cm³/mol. The number of nitrogens with zero attached hydrogens (tertiary/aromatic N) is 2. The fourth-order valence-corrected chi connectivity index (χ4v) is 4.60. The van der Waals surface area contributed by atoms with E-state index in [1.807, 2.05) is 71.0 Å². The lowest BCUT2D eigenvalue weighted by molar-refractivity contribution is -0.139. The molecule has 0 spiro atoms. The summed E-state index contributed by atoms with van der Waals surface area (Å²) in [6, 6.07) is 14.1. The summed E-state index contributed by atoms with van der Waals surface area (Å²) in [5.41, 5.74) is 3.26. The van der Waals surface area contributed by atoms with E-state index in [-0.39, 0.29) is 24.4 Å². The smallest absolute Gasteiger partial charge is 0.244 e. The molecule has 0 saturated heterocycles. The molecule has 0 saturated carbocycles. The molecule has 0 aliphatic carbocycles. The zero-order chi connectivity index (χ0) is 26.3. The number of carbonyl (C=O) groups is 2. The van der Waals surface area contributed by atoms with Gasteiger partial charge in [0, 0.05) is 12.6 Å². The van der Waals surface area contributed by atoms with E-state index in [0.29, 0.717) is 5.69 Å². The Kier molecular flexibility index (Phi) is 9.89. The van der Waals surface area contributed by atoms with E-state index in [2.05, 4.69) is 5.32 Å². The molecule has 1 N–H and O–H groups in total. The maximum Gasteiger partial charge on any atom is 0.244 e. The molecular formula is C27H39N3O4S. The molecule has 35 heavy (non-hydrogen) atoms. The Morgan fingerprint density at radius 3 is 2.11 bits per heavy atom. The second-order valence-corrected chi connectivity index (χ2v) is 11.4. The monoisotopic (exact) mass is 501 g/mol. The van der Waals surface area contributed by atoms with Gasteiger partial charge in [0.05, 0.1) is 11.9 Å². The van der Waals surface area contributed by atoms with Crippen molar-refractivity contribution in [2.75, 3.05) is 17.1 Å². The van der Waals surface area contributed by atoms with Gasteiger partial charge < -0.3 is 10.2 Å². The van der Waals surface area contributed by atoms with Crippen LogP contribution >= 0.6 is 0 Å². The summed E-state index contributed by atoms with van der Waals surface area (Å²) in [6.45, 7) is 11.3. The van der Waals surface area contributed by atoms with Crippen LogP contribution in [0.15, 0.2) is 48.5 Å². The Labute approximate surface area is 210 Å². The number of anilines is 1. The number of amides is 2. The Balaban J connectivity index is 2.44. The summed E-state index contributed by atoms with van der Waals surface area (Å²) in [7, 11) is -3.76. The number of hydrogen-bond acceptors (Lipinski definition) is 4. The highest BCUT2D eigenvalue weighted by molar-refractivity contribution is 7.92. The maximum absolute atomic E-state index is 13.7. The Bertz CT molecular complexity index is 1110. The van der Waals surface area contributed by atoms with Crippen LogP contribution in [0.2, 0.25) is 0 Å². The molecule has 0 heterocycles. The first-order valence-electron chi connectivity index (χ1n) is 12.1. The van der Waals surface area contributed by atoms with Crippen molar-refractivity contribution >= 4 is 27.5 Å². The third-order valence-electron chi connectivity index (χ3n) is 6.15. The fraction of sp³-hybridized carbons (Fsp3) is 0.481. The van der Waals surface area contributed by atoms with E-state index in [0.717, 1.165) is 33.7 Å². The molecule has 0 radical (unpaired) electrons. The molecule has 0 aromatic heterocycles. The van der Waals surface area contributed by atoms with Gasteiger partial charge in [-0.25, -0.2) is 8.42 Å². The van der Waals surface area contributed by atoms with Crippen molar-refractivity contribution in [3.63, 3.8) is 0 Å². The summed E-state index contributed by atoms with van der Waals surface area (Å²) in [5.74, 6) is -0.649. The molecule has 192 valence electrons. The predicted octanol–water partition coefficient (Wildman–Crippen LogP) is 4.22. The quantitative estimate of drug-likeness (QED) is 0.500. The third-order valence-corrected chi connectivity index (χ3v) is 7.27. The molecular weight excluding hydrogens is 462 g/mol. The minimum atomic E-state index is -3.76. The number of benzene rings is 2. The van der Waals surface area contributed by atoms with Crippen molar-refractivity contribution < 1.29 is 18.0 Å². The van der Waals surface area contributed by atoms with Gasteiger partial charge in [-0.15, -0.1) is 0 Å². The van der Waals surface area contributed by atoms with Gasteiger partial charge in [0.1, 0.15) is 12.6 Å². The average Bonchev–Trinajstić information content (AvgIpc) is 2.80. The van der Waals surface area contributed by atoms with Crippen LogP contribution < -0.4 is 9.62 Å². The van der Waals surface area contributed by atoms with Crippen LogP contribution in [-0.2, 0) is 26.2 Å². The molecule has 2 amide bonds. The average molecular weight is 502 g/mol. The molecule has 2 aromatic carbocycles. The van der Waals surface area contributed by atoms with E-state index < -0.39 is 28.5 Å². The highest BCUT2D eigenvalue weighted by atomic mass is 32.2. The van der Waals surface area contributed by atoms with E-state index in [1.54, 1.807) is 19.1 Å². The first-order valence-corrected chi connectivity index (χ1v) is 13.9. The highest BCUT2D eigenvalue weighted by Crippen LogP contribution is 2.29. The van der Waals surface area contributed by atoms with Crippen LogP contribution in [0.5, 0.6) is 0 Å². The van der Waals surface area contributed by atoms with Gasteiger partial charge in [-0.2, -0.15) is 0 Å². The van der Waals surface area contributed by atoms with Gasteiger partial charge >= 0.3 is 0 Å². The summed E-state index contributed by atoms with van der Waals surface area (Å²) in [4.78, 5) is 28.1. The Hall–Kier alpha value is -2.87. The van der Waals surface area contributed by atoms with Crippen molar-refractivity contribution in [1.82, 2.24) is 10.2 Å². The van der Waals surface area contributed by atoms with E-state index >= 15 is 0 Å². The van der Waals surface area contributed by atoms with Crippen LogP contribution in [0, 0.1) is 6.92 Å². The molecule has 2 atom stereocenters. The molecule has 2 rings (SSSR count). The van der Waals surface area contributed by atoms with Crippen molar-refractivity contribution in [3.8, 4) is 0 Å². The van der Waals surface area contributed by atoms with Gasteiger partial charge in [-0.05, 0) is 50.3 Å². The topological polar surface area (TPSA) is 86.8 Å². The molecule has 8 heteroatoms. The number of nitrogens with one attached hydrogen (secondary N) is 1. The molecule has 0 aliphatic rings. The van der Waals surface area contributed by atoms with E-state index in [9.17, 15) is 18.0 Å². The lowest BCUT2D eigenvalue weighted by atomic mass is 10.0. The largest absolute Gasteiger partial charge is 0.352 e. The lowest BCUT2D eigenvalue weighted by Crippen LogP contribution is -2.52. The van der Waals surface area contributed by atoms with Crippen molar-refractivity contribution in [3.05, 3.63) is 65.2 Å². The number of para-hydroxylation sites is 1. The second kappa shape index (κ2) is 12.2. The molecule has 0 unspecified atom stereocenters. The number of rotatable bonds is 11. The van der Waals surface area contributed by atoms with Crippen LogP contribution in [0.4, 0.5) is 5.69 Å². The highest BCUT2D eigenvalue weighted by Gasteiger charge is 2.31. The fourth-order valence-electron chi connectivity index (χ4n) is 3.74. The SMILES string of the molecule is CC[C@@H](C)NC(=O)[C@@H](C)N(Cc1ccc(C)cc1)C(=O)CN(c1ccccc1C(C)C)S(C)(=O)=O. The third kappa shape index (κ3) is 7.82. The zero-order valence-electron chi connectivity index (χ0n) is 21.9.